The SMILES string of the molecule is CCOC(=O)c1c(CSc2nc3ccccc3c(=O)n2CC)nc2ccccc2c1C. The smallest absolute Gasteiger partial charge is 0.340 e. The van der Waals surface area contributed by atoms with Gasteiger partial charge in [0.1, 0.15) is 0 Å². The van der Waals surface area contributed by atoms with Crippen molar-refractivity contribution in [3.63, 3.8) is 0 Å². The molecule has 0 aliphatic carbocycles. The normalized spacial score (nSPS) is 11.2. The van der Waals surface area contributed by atoms with Crippen LogP contribution in [-0.4, -0.2) is 27.1 Å². The van der Waals surface area contributed by atoms with Crippen LogP contribution in [0.1, 0.15) is 35.5 Å². The number of esters is 1. The summed E-state index contributed by atoms with van der Waals surface area (Å²) in [5.74, 6) is 0.0122. The van der Waals surface area contributed by atoms with Gasteiger partial charge in [-0.2, -0.15) is 0 Å². The summed E-state index contributed by atoms with van der Waals surface area (Å²) in [5, 5.41) is 2.13. The van der Waals surface area contributed by atoms with Gasteiger partial charge in [-0.3, -0.25) is 14.3 Å². The van der Waals surface area contributed by atoms with Gasteiger partial charge in [0, 0.05) is 17.7 Å². The number of para-hydroxylation sites is 2. The van der Waals surface area contributed by atoms with E-state index < -0.39 is 0 Å². The molecule has 0 atom stereocenters. The summed E-state index contributed by atoms with van der Waals surface area (Å²) < 4.78 is 6.97. The van der Waals surface area contributed by atoms with E-state index in [1.807, 2.05) is 56.3 Å². The second kappa shape index (κ2) is 8.89. The van der Waals surface area contributed by atoms with E-state index in [4.69, 9.17) is 14.7 Å². The van der Waals surface area contributed by atoms with Crippen LogP contribution in [0.2, 0.25) is 0 Å². The van der Waals surface area contributed by atoms with E-state index in [1.165, 1.54) is 11.8 Å². The van der Waals surface area contributed by atoms with Crippen molar-refractivity contribution in [2.24, 2.45) is 0 Å². The molecule has 0 unspecified atom stereocenters. The minimum Gasteiger partial charge on any atom is -0.462 e. The fraction of sp³-hybridized carbons (Fsp3) is 0.250. The molecule has 0 saturated carbocycles. The zero-order chi connectivity index (χ0) is 22.0. The summed E-state index contributed by atoms with van der Waals surface area (Å²) >= 11 is 1.40. The van der Waals surface area contributed by atoms with Crippen LogP contribution in [-0.2, 0) is 17.0 Å². The number of fused-ring (bicyclic) bond motifs is 2. The van der Waals surface area contributed by atoms with Crippen LogP contribution in [0.3, 0.4) is 0 Å². The van der Waals surface area contributed by atoms with Crippen LogP contribution in [0.4, 0.5) is 0 Å². The number of carbonyl (C=O) groups excluding carboxylic acids is 1. The predicted octanol–water partition coefficient (Wildman–Crippen LogP) is 4.74. The Balaban J connectivity index is 1.80. The first-order valence-electron chi connectivity index (χ1n) is 10.2. The Kier molecular flexibility index (Phi) is 6.04. The standard InChI is InChI=1S/C24H23N3O3S/c1-4-27-22(28)17-11-7-9-13-19(17)26-24(27)31-14-20-21(23(29)30-5-2)15(3)16-10-6-8-12-18(16)25-20/h6-13H,4-5,14H2,1-3H3. The van der Waals surface area contributed by atoms with E-state index in [1.54, 1.807) is 17.6 Å². The molecule has 4 rings (SSSR count). The molecule has 0 bridgehead atoms. The van der Waals surface area contributed by atoms with Crippen LogP contribution in [0.15, 0.2) is 58.5 Å². The van der Waals surface area contributed by atoms with Gasteiger partial charge in [0.05, 0.1) is 34.3 Å². The molecule has 2 aromatic heterocycles. The molecular weight excluding hydrogens is 410 g/mol. The third-order valence-electron chi connectivity index (χ3n) is 5.19. The van der Waals surface area contributed by atoms with Crippen LogP contribution >= 0.6 is 11.8 Å². The summed E-state index contributed by atoms with van der Waals surface area (Å²) in [6.07, 6.45) is 0. The molecule has 0 N–H and O–H groups in total. The molecule has 0 saturated heterocycles. The lowest BCUT2D eigenvalue weighted by Gasteiger charge is -2.15. The van der Waals surface area contributed by atoms with Crippen molar-refractivity contribution in [3.8, 4) is 0 Å². The number of pyridine rings is 1. The Hall–Kier alpha value is -3.19. The first-order valence-corrected chi connectivity index (χ1v) is 11.2. The zero-order valence-electron chi connectivity index (χ0n) is 17.7. The topological polar surface area (TPSA) is 74.1 Å². The number of benzene rings is 2. The van der Waals surface area contributed by atoms with Crippen molar-refractivity contribution in [2.45, 2.75) is 38.2 Å². The lowest BCUT2D eigenvalue weighted by atomic mass is 10.0. The van der Waals surface area contributed by atoms with Crippen molar-refractivity contribution in [2.75, 3.05) is 6.61 Å². The van der Waals surface area contributed by atoms with Gasteiger partial charge in [-0.15, -0.1) is 0 Å². The molecule has 158 valence electrons. The van der Waals surface area contributed by atoms with E-state index >= 15 is 0 Å². The van der Waals surface area contributed by atoms with Gasteiger partial charge >= 0.3 is 5.97 Å². The monoisotopic (exact) mass is 433 g/mol. The van der Waals surface area contributed by atoms with Crippen LogP contribution in [0, 0.1) is 6.92 Å². The predicted molar refractivity (Wildman–Crippen MR) is 124 cm³/mol. The van der Waals surface area contributed by atoms with Crippen molar-refractivity contribution in [3.05, 3.63) is 75.7 Å². The highest BCUT2D eigenvalue weighted by Crippen LogP contribution is 2.28. The highest BCUT2D eigenvalue weighted by Gasteiger charge is 2.21. The zero-order valence-corrected chi connectivity index (χ0v) is 18.5. The van der Waals surface area contributed by atoms with Gasteiger partial charge in [-0.25, -0.2) is 9.78 Å². The third-order valence-corrected chi connectivity index (χ3v) is 6.18. The maximum atomic E-state index is 12.9. The summed E-state index contributed by atoms with van der Waals surface area (Å²) in [6, 6.07) is 15.1. The number of ether oxygens (including phenoxy) is 1. The average Bonchev–Trinajstić information content (AvgIpc) is 2.78. The fourth-order valence-electron chi connectivity index (χ4n) is 3.69. The first-order chi connectivity index (χ1) is 15.0. The highest BCUT2D eigenvalue weighted by atomic mass is 32.2. The number of hydrogen-bond acceptors (Lipinski definition) is 6. The van der Waals surface area contributed by atoms with Crippen molar-refractivity contribution < 1.29 is 9.53 Å². The Labute approximate surface area is 184 Å². The summed E-state index contributed by atoms with van der Waals surface area (Å²) in [7, 11) is 0. The quantitative estimate of drug-likeness (QED) is 0.248. The molecule has 4 aromatic rings. The lowest BCUT2D eigenvalue weighted by Crippen LogP contribution is -2.22. The second-order valence-corrected chi connectivity index (χ2v) is 7.99. The maximum Gasteiger partial charge on any atom is 0.340 e. The molecule has 2 heterocycles. The van der Waals surface area contributed by atoms with Gasteiger partial charge in [-0.1, -0.05) is 42.1 Å². The highest BCUT2D eigenvalue weighted by molar-refractivity contribution is 7.98. The van der Waals surface area contributed by atoms with E-state index in [-0.39, 0.29) is 11.5 Å². The number of carbonyl (C=O) groups is 1. The largest absolute Gasteiger partial charge is 0.462 e. The summed E-state index contributed by atoms with van der Waals surface area (Å²) in [5.41, 5.74) is 3.38. The Morgan fingerprint density at radius 3 is 2.32 bits per heavy atom. The number of aromatic nitrogens is 3. The van der Waals surface area contributed by atoms with Crippen LogP contribution in [0.25, 0.3) is 21.8 Å². The van der Waals surface area contributed by atoms with Gasteiger partial charge in [0.2, 0.25) is 0 Å². The molecule has 0 amide bonds. The molecule has 7 heteroatoms. The minimum atomic E-state index is -0.381. The van der Waals surface area contributed by atoms with Gasteiger partial charge in [0.25, 0.3) is 5.56 Å². The number of rotatable bonds is 6. The molecule has 2 aromatic carbocycles. The molecule has 0 spiro atoms. The number of hydrogen-bond donors (Lipinski definition) is 0. The number of thioether (sulfide) groups is 1. The van der Waals surface area contributed by atoms with Crippen LogP contribution in [0.5, 0.6) is 0 Å². The van der Waals surface area contributed by atoms with E-state index in [2.05, 4.69) is 0 Å². The lowest BCUT2D eigenvalue weighted by molar-refractivity contribution is 0.0524. The molecule has 6 nitrogen and oxygen atoms in total. The van der Waals surface area contributed by atoms with E-state index in [9.17, 15) is 9.59 Å². The second-order valence-electron chi connectivity index (χ2n) is 7.05. The van der Waals surface area contributed by atoms with Gasteiger partial charge in [0.15, 0.2) is 5.16 Å². The molecule has 31 heavy (non-hydrogen) atoms. The first kappa shape index (κ1) is 21.1. The minimum absolute atomic E-state index is 0.0659. The van der Waals surface area contributed by atoms with E-state index in [0.29, 0.717) is 46.2 Å². The van der Waals surface area contributed by atoms with Crippen molar-refractivity contribution >= 4 is 39.5 Å². The van der Waals surface area contributed by atoms with E-state index in [0.717, 1.165) is 16.5 Å². The summed E-state index contributed by atoms with van der Waals surface area (Å²) in [4.78, 5) is 35.1. The fourth-order valence-corrected chi connectivity index (χ4v) is 4.69. The number of aryl methyl sites for hydroxylation is 1. The van der Waals surface area contributed by atoms with Gasteiger partial charge < -0.3 is 4.74 Å². The Bertz CT molecular complexity index is 1350. The van der Waals surface area contributed by atoms with Crippen LogP contribution < -0.4 is 5.56 Å². The van der Waals surface area contributed by atoms with Crippen molar-refractivity contribution in [1.29, 1.82) is 0 Å². The Morgan fingerprint density at radius 1 is 1.00 bits per heavy atom. The summed E-state index contributed by atoms with van der Waals surface area (Å²) in [6.45, 7) is 6.42. The molecule has 0 radical (unpaired) electrons. The molecule has 0 fully saturated rings. The van der Waals surface area contributed by atoms with Crippen molar-refractivity contribution in [1.82, 2.24) is 14.5 Å². The maximum absolute atomic E-state index is 12.9. The molecular formula is C24H23N3O3S. The Morgan fingerprint density at radius 2 is 1.65 bits per heavy atom. The average molecular weight is 434 g/mol. The van der Waals surface area contributed by atoms with Gasteiger partial charge in [-0.05, 0) is 44.5 Å². The third kappa shape index (κ3) is 3.93. The molecule has 0 aliphatic heterocycles. The number of nitrogens with zero attached hydrogens (tertiary/aromatic N) is 3. The molecule has 0 aliphatic rings.